The molecular formula is C59H92O26. The van der Waals surface area contributed by atoms with E-state index in [2.05, 4.69) is 26.8 Å². The Morgan fingerprint density at radius 2 is 1.27 bits per heavy atom. The predicted octanol–water partition coefficient (Wildman–Crippen LogP) is -1.19. The first-order valence-corrected chi connectivity index (χ1v) is 29.8. The zero-order chi connectivity index (χ0) is 62.6. The monoisotopic (exact) mass is 1220 g/mol. The largest absolute Gasteiger partial charge is 0.479 e. The molecule has 5 aliphatic carbocycles. The summed E-state index contributed by atoms with van der Waals surface area (Å²) in [5.74, 6) is -3.55. The molecule has 4 heterocycles. The molecule has 0 radical (unpaired) electrons. The van der Waals surface area contributed by atoms with Crippen molar-refractivity contribution in [2.45, 2.75) is 249 Å². The highest BCUT2D eigenvalue weighted by Gasteiger charge is 2.74. The zero-order valence-electron chi connectivity index (χ0n) is 50.0. The lowest BCUT2D eigenvalue weighted by Gasteiger charge is -2.72. The maximum absolute atomic E-state index is 13.5. The molecule has 0 unspecified atom stereocenters. The van der Waals surface area contributed by atoms with E-state index < -0.39 is 218 Å². The van der Waals surface area contributed by atoms with Crippen LogP contribution in [0, 0.1) is 50.2 Å². The summed E-state index contributed by atoms with van der Waals surface area (Å²) in [6, 6.07) is 0. The first kappa shape index (κ1) is 66.5. The molecule has 0 bridgehead atoms. The van der Waals surface area contributed by atoms with Crippen LogP contribution < -0.4 is 0 Å². The zero-order valence-corrected chi connectivity index (χ0v) is 50.0. The molecule has 0 aromatic rings. The van der Waals surface area contributed by atoms with E-state index in [0.29, 0.717) is 44.1 Å². The summed E-state index contributed by atoms with van der Waals surface area (Å²) < 4.78 is 60.9. The Morgan fingerprint density at radius 1 is 0.647 bits per heavy atom. The molecule has 26 heteroatoms. The average Bonchev–Trinajstić information content (AvgIpc) is 0.769. The first-order valence-electron chi connectivity index (χ1n) is 29.8. The van der Waals surface area contributed by atoms with Gasteiger partial charge in [-0.05, 0) is 98.2 Å². The second kappa shape index (κ2) is 24.4. The number of hydrogen-bond donors (Lipinski definition) is 13. The molecule has 484 valence electrons. The molecule has 13 N–H and O–H groups in total. The van der Waals surface area contributed by atoms with Gasteiger partial charge in [0.2, 0.25) is 0 Å². The predicted molar refractivity (Wildman–Crippen MR) is 288 cm³/mol. The molecule has 0 aromatic carbocycles. The fraction of sp³-hybridized carbons (Fsp3) is 0.881. The first-order chi connectivity index (χ1) is 39.7. The molecule has 29 atom stereocenters. The Labute approximate surface area is 493 Å². The van der Waals surface area contributed by atoms with Crippen LogP contribution >= 0.6 is 0 Å². The minimum Gasteiger partial charge on any atom is -0.479 e. The Bertz CT molecular complexity index is 2490. The van der Waals surface area contributed by atoms with Crippen LogP contribution in [0.25, 0.3) is 0 Å². The highest BCUT2D eigenvalue weighted by atomic mass is 16.8. The van der Waals surface area contributed by atoms with Crippen molar-refractivity contribution in [3.8, 4) is 0 Å². The van der Waals surface area contributed by atoms with E-state index in [1.807, 2.05) is 27.7 Å². The van der Waals surface area contributed by atoms with Gasteiger partial charge >= 0.3 is 17.9 Å². The van der Waals surface area contributed by atoms with E-state index in [-0.39, 0.29) is 18.3 Å². The molecule has 26 nitrogen and oxygen atoms in total. The van der Waals surface area contributed by atoms with Crippen molar-refractivity contribution in [1.82, 2.24) is 0 Å². The van der Waals surface area contributed by atoms with Crippen LogP contribution in [0.4, 0.5) is 0 Å². The highest BCUT2D eigenvalue weighted by molar-refractivity contribution is 5.87. The number of rotatable bonds is 14. The normalized spacial score (nSPS) is 50.5. The molecule has 85 heavy (non-hydrogen) atoms. The van der Waals surface area contributed by atoms with Crippen molar-refractivity contribution >= 4 is 17.9 Å². The molecule has 0 aromatic heterocycles. The minimum atomic E-state index is -2.21. The van der Waals surface area contributed by atoms with Crippen molar-refractivity contribution < 1.29 is 128 Å². The minimum absolute atomic E-state index is 0.00886. The quantitative estimate of drug-likeness (QED) is 0.0421. The number of aliphatic hydroxyl groups is 12. The van der Waals surface area contributed by atoms with Crippen molar-refractivity contribution in [2.24, 2.45) is 50.2 Å². The van der Waals surface area contributed by atoms with E-state index in [4.69, 9.17) is 47.4 Å². The Kier molecular flexibility index (Phi) is 19.1. The van der Waals surface area contributed by atoms with Gasteiger partial charge in [0.05, 0.1) is 44.1 Å². The molecule has 4 saturated carbocycles. The third-order valence-corrected chi connectivity index (χ3v) is 22.2. The van der Waals surface area contributed by atoms with Gasteiger partial charge in [-0.1, -0.05) is 66.2 Å². The van der Waals surface area contributed by atoms with E-state index in [0.717, 1.165) is 5.57 Å². The van der Waals surface area contributed by atoms with Gasteiger partial charge in [-0.2, -0.15) is 0 Å². The average molecular weight is 1220 g/mol. The Hall–Kier alpha value is -2.91. The lowest BCUT2D eigenvalue weighted by Crippen LogP contribution is -2.72. The van der Waals surface area contributed by atoms with Crippen LogP contribution in [0.2, 0.25) is 0 Å². The molecule has 9 aliphatic rings. The summed E-state index contributed by atoms with van der Waals surface area (Å²) in [7, 11) is 0. The molecule has 4 aliphatic heterocycles. The summed E-state index contributed by atoms with van der Waals surface area (Å²) in [5, 5.41) is 144. The third-order valence-electron chi connectivity index (χ3n) is 22.2. The number of allylic oxidation sites excluding steroid dienone is 3. The van der Waals surface area contributed by atoms with Crippen molar-refractivity contribution in [2.75, 3.05) is 26.4 Å². The van der Waals surface area contributed by atoms with Crippen LogP contribution in [0.5, 0.6) is 0 Å². The molecule has 4 saturated heterocycles. The number of esters is 2. The SMILES string of the molecule is C/C=C(/C)C(=O)O[C@H]1[C@H](OC(C)=O)[C@]2(CO)[C@H](O)C[C@]3(C)C(=CC[C@@H]4[C@@]5(C)CC[C@H](O[C@@H]6O[C@H](C(=O)O)[C@@H](O)[C@H](O[C@@H]7OC[C@H](O)[C@H](O)[C@H]7O[C@@H]7OC[C@@H](O)[C@H](O)[C@H]7O)[C@H]6O[C@@H]6O[C@H](CO)[C@H](O)[C@H](O)[C@H]6O)C(C)(C)[C@@H]5CC[C@]43C)[C@@H]2CC1(C)C. The number of aliphatic carboxylic acids is 1. The van der Waals surface area contributed by atoms with Crippen LogP contribution in [-0.4, -0.2) is 246 Å². The van der Waals surface area contributed by atoms with Gasteiger partial charge in [-0.15, -0.1) is 0 Å². The highest BCUT2D eigenvalue weighted by Crippen LogP contribution is 2.76. The van der Waals surface area contributed by atoms with Crippen LogP contribution in [0.1, 0.15) is 114 Å². The van der Waals surface area contributed by atoms with Gasteiger partial charge < -0.3 is 114 Å². The Morgan fingerprint density at radius 3 is 1.89 bits per heavy atom. The maximum atomic E-state index is 13.5. The number of carbonyl (C=O) groups excluding carboxylic acids is 2. The lowest BCUT2D eigenvalue weighted by molar-refractivity contribution is -0.399. The number of carboxylic acids is 1. The Balaban J connectivity index is 1.04. The third kappa shape index (κ3) is 11.1. The van der Waals surface area contributed by atoms with E-state index in [1.165, 1.54) is 6.92 Å². The van der Waals surface area contributed by atoms with Gasteiger partial charge in [0.15, 0.2) is 31.3 Å². The fourth-order valence-corrected chi connectivity index (χ4v) is 17.1. The molecule has 8 fully saturated rings. The van der Waals surface area contributed by atoms with Crippen LogP contribution in [0.15, 0.2) is 23.3 Å². The van der Waals surface area contributed by atoms with E-state index in [1.54, 1.807) is 19.9 Å². The van der Waals surface area contributed by atoms with Crippen LogP contribution in [0.3, 0.4) is 0 Å². The van der Waals surface area contributed by atoms with Gasteiger partial charge in [-0.25, -0.2) is 9.59 Å². The topological polar surface area (TPSA) is 407 Å². The van der Waals surface area contributed by atoms with Crippen molar-refractivity contribution in [3.05, 3.63) is 23.3 Å². The molecule has 9 rings (SSSR count). The van der Waals surface area contributed by atoms with Crippen LogP contribution in [-0.2, 0) is 61.8 Å². The van der Waals surface area contributed by atoms with Gasteiger partial charge in [0.25, 0.3) is 0 Å². The standard InChI is InChI=1S/C59H92O26/c1-11-24(2)49(75)85-46-47(78-25(3)62)59(23-61)27(18-54(46,4)5)26-12-13-32-56(8)16-15-34(55(6,7)31(56)14-17-57(32,9)58(26,10)19-33(59)65)80-53-45(84-51-40(71)38(69)37(68)30(20-60)79-51)42(41(72)43(82-53)48(73)74)81-52-44(36(67)29(64)22-77-52)83-50-39(70)35(66)28(63)21-76-50/h11-12,27-47,50-53,60-61,63-72H,13-23H2,1-10H3,(H,73,74)/b24-11-/t27-,28+,29-,30+,31-,32+,33+,34-,35-,36-,37-,38-,39+,40+,41-,42-,43-,44+,45+,46-,47-,50-,51-,52-,53+,56-,57+,58+,59-/m0/s1. The van der Waals surface area contributed by atoms with Gasteiger partial charge in [0.1, 0.15) is 91.6 Å². The second-order valence-electron chi connectivity index (χ2n) is 27.6. The molecule has 0 amide bonds. The summed E-state index contributed by atoms with van der Waals surface area (Å²) in [5.41, 5.74) is -3.17. The van der Waals surface area contributed by atoms with E-state index >= 15 is 0 Å². The summed E-state index contributed by atoms with van der Waals surface area (Å²) in [6.45, 7) is 16.7. The maximum Gasteiger partial charge on any atom is 0.335 e. The smallest absolute Gasteiger partial charge is 0.335 e. The van der Waals surface area contributed by atoms with E-state index in [9.17, 15) is 80.8 Å². The summed E-state index contributed by atoms with van der Waals surface area (Å²) >= 11 is 0. The summed E-state index contributed by atoms with van der Waals surface area (Å²) in [6.07, 6.45) is -30.6. The number of ether oxygens (including phenoxy) is 10. The van der Waals surface area contributed by atoms with Gasteiger partial charge in [0, 0.05) is 17.9 Å². The number of aliphatic hydroxyl groups excluding tert-OH is 12. The number of carboxylic acid groups (broad SMARTS) is 1. The van der Waals surface area contributed by atoms with Gasteiger partial charge in [-0.3, -0.25) is 4.79 Å². The van der Waals surface area contributed by atoms with Crippen molar-refractivity contribution in [3.63, 3.8) is 0 Å². The second-order valence-corrected chi connectivity index (χ2v) is 27.6. The lowest BCUT2D eigenvalue weighted by atomic mass is 9.33. The number of fused-ring (bicyclic) bond motifs is 7. The number of hydrogen-bond acceptors (Lipinski definition) is 25. The number of carbonyl (C=O) groups is 3. The van der Waals surface area contributed by atoms with Crippen molar-refractivity contribution in [1.29, 1.82) is 0 Å². The molecule has 0 spiro atoms. The summed E-state index contributed by atoms with van der Waals surface area (Å²) in [4.78, 5) is 39.6. The molecular weight excluding hydrogens is 1120 g/mol. The fourth-order valence-electron chi connectivity index (χ4n) is 17.1.